The highest BCUT2D eigenvalue weighted by Gasteiger charge is 2.23. The molecule has 0 heterocycles. The van der Waals surface area contributed by atoms with E-state index in [0.29, 0.717) is 0 Å². The lowest BCUT2D eigenvalue weighted by atomic mass is 10.4. The average Bonchev–Trinajstić information content (AvgIpc) is 2.28. The molecule has 6 nitrogen and oxygen atoms in total. The predicted molar refractivity (Wildman–Crippen MR) is 63.0 cm³/mol. The highest BCUT2D eigenvalue weighted by Crippen LogP contribution is 2.07. The molecule has 7 heteroatoms. The zero-order chi connectivity index (χ0) is 13.8. The van der Waals surface area contributed by atoms with Crippen LogP contribution < -0.4 is 4.72 Å². The summed E-state index contributed by atoms with van der Waals surface area (Å²) in [5.41, 5.74) is 0. The number of sulfonamides is 1. The van der Waals surface area contributed by atoms with E-state index < -0.39 is 28.0 Å². The van der Waals surface area contributed by atoms with E-state index in [1.807, 2.05) is 4.72 Å². The molecule has 0 saturated heterocycles. The summed E-state index contributed by atoms with van der Waals surface area (Å²) >= 11 is 0. The van der Waals surface area contributed by atoms with Crippen molar-refractivity contribution < 1.29 is 22.7 Å². The van der Waals surface area contributed by atoms with Crippen molar-refractivity contribution in [2.24, 2.45) is 0 Å². The lowest BCUT2D eigenvalue weighted by Crippen LogP contribution is -2.39. The molecule has 1 N–H and O–H groups in total. The van der Waals surface area contributed by atoms with E-state index in [0.717, 1.165) is 6.92 Å². The van der Waals surface area contributed by atoms with Gasteiger partial charge in [-0.15, -0.1) is 0 Å². The molecule has 0 aliphatic rings. The van der Waals surface area contributed by atoms with Gasteiger partial charge < -0.3 is 4.74 Å². The molecule has 0 aliphatic heterocycles. The van der Waals surface area contributed by atoms with Gasteiger partial charge in [0.1, 0.15) is 0 Å². The summed E-state index contributed by atoms with van der Waals surface area (Å²) < 4.78 is 29.9. The quantitative estimate of drug-likeness (QED) is 0.803. The van der Waals surface area contributed by atoms with Crippen LogP contribution in [0.5, 0.6) is 0 Å². The first-order valence-electron chi connectivity index (χ1n) is 5.12. The second-order valence-electron chi connectivity index (χ2n) is 3.53. The summed E-state index contributed by atoms with van der Waals surface area (Å²) in [6.07, 6.45) is -1.17. The molecule has 0 aromatic heterocycles. The highest BCUT2D eigenvalue weighted by molar-refractivity contribution is 7.90. The van der Waals surface area contributed by atoms with Crippen LogP contribution in [0.3, 0.4) is 0 Å². The topological polar surface area (TPSA) is 89.5 Å². The lowest BCUT2D eigenvalue weighted by molar-refractivity contribution is -0.152. The molecule has 0 bridgehead atoms. The molecule has 18 heavy (non-hydrogen) atoms. The van der Waals surface area contributed by atoms with Crippen molar-refractivity contribution in [3.05, 3.63) is 30.3 Å². The van der Waals surface area contributed by atoms with Gasteiger partial charge in [0.05, 0.1) is 4.90 Å². The smallest absolute Gasteiger partial charge is 0.303 e. The summed E-state index contributed by atoms with van der Waals surface area (Å²) in [6.45, 7) is 2.42. The molecular formula is C11H13NO5S. The molecule has 0 unspecified atom stereocenters. The Hall–Kier alpha value is -1.89. The molecule has 0 radical (unpaired) electrons. The van der Waals surface area contributed by atoms with Crippen molar-refractivity contribution in [2.75, 3.05) is 0 Å². The standard InChI is InChI=1S/C11H13NO5S/c1-8(17-9(2)13)11(14)12-18(15,16)10-6-4-3-5-7-10/h3-8H,1-2H3,(H,12,14)/t8-/m1/s1. The number of hydrogen-bond donors (Lipinski definition) is 1. The van der Waals surface area contributed by atoms with Crippen molar-refractivity contribution in [3.8, 4) is 0 Å². The van der Waals surface area contributed by atoms with E-state index in [9.17, 15) is 18.0 Å². The molecule has 1 aromatic rings. The lowest BCUT2D eigenvalue weighted by Gasteiger charge is -2.12. The van der Waals surface area contributed by atoms with Gasteiger partial charge in [0, 0.05) is 6.92 Å². The zero-order valence-corrected chi connectivity index (χ0v) is 10.7. The minimum absolute atomic E-state index is 0.0339. The normalized spacial score (nSPS) is 12.6. The Morgan fingerprint density at radius 2 is 1.78 bits per heavy atom. The van der Waals surface area contributed by atoms with E-state index in [-0.39, 0.29) is 4.90 Å². The van der Waals surface area contributed by atoms with Crippen LogP contribution in [0.15, 0.2) is 35.2 Å². The third-order valence-corrected chi connectivity index (χ3v) is 3.36. The van der Waals surface area contributed by atoms with Gasteiger partial charge in [-0.05, 0) is 19.1 Å². The molecule has 1 amide bonds. The molecule has 0 aliphatic carbocycles. The number of rotatable bonds is 4. The van der Waals surface area contributed by atoms with Gasteiger partial charge in [-0.1, -0.05) is 18.2 Å². The van der Waals surface area contributed by atoms with Crippen LogP contribution in [-0.2, 0) is 24.3 Å². The van der Waals surface area contributed by atoms with Crippen LogP contribution in [0.1, 0.15) is 13.8 Å². The minimum atomic E-state index is -3.93. The van der Waals surface area contributed by atoms with Crippen LogP contribution in [0, 0.1) is 0 Å². The van der Waals surface area contributed by atoms with E-state index in [1.165, 1.54) is 31.2 Å². The fraction of sp³-hybridized carbons (Fsp3) is 0.273. The SMILES string of the molecule is CC(=O)O[C@H](C)C(=O)NS(=O)(=O)c1ccccc1. The van der Waals surface area contributed by atoms with Gasteiger partial charge in [0.15, 0.2) is 6.10 Å². The molecule has 98 valence electrons. The van der Waals surface area contributed by atoms with E-state index in [1.54, 1.807) is 6.07 Å². The highest BCUT2D eigenvalue weighted by atomic mass is 32.2. The molecular weight excluding hydrogens is 258 g/mol. The number of ether oxygens (including phenoxy) is 1. The number of amides is 1. The van der Waals surface area contributed by atoms with Gasteiger partial charge in [-0.2, -0.15) is 0 Å². The van der Waals surface area contributed by atoms with E-state index in [4.69, 9.17) is 0 Å². The second kappa shape index (κ2) is 5.63. The Morgan fingerprint density at radius 1 is 1.22 bits per heavy atom. The molecule has 0 spiro atoms. The van der Waals surface area contributed by atoms with Gasteiger partial charge in [0.2, 0.25) is 0 Å². The number of nitrogens with one attached hydrogen (secondary N) is 1. The first kappa shape index (κ1) is 14.2. The van der Waals surface area contributed by atoms with Crippen LogP contribution in [-0.4, -0.2) is 26.4 Å². The number of carbonyl (C=O) groups is 2. The van der Waals surface area contributed by atoms with Crippen LogP contribution in [0.2, 0.25) is 0 Å². The van der Waals surface area contributed by atoms with Gasteiger partial charge >= 0.3 is 5.97 Å². The Bertz CT molecular complexity index is 538. The van der Waals surface area contributed by atoms with E-state index in [2.05, 4.69) is 4.74 Å². The number of carbonyl (C=O) groups excluding carboxylic acids is 2. The average molecular weight is 271 g/mol. The zero-order valence-electron chi connectivity index (χ0n) is 9.91. The van der Waals surface area contributed by atoms with Crippen molar-refractivity contribution in [2.45, 2.75) is 24.8 Å². The Labute approximate surface area is 105 Å². The largest absolute Gasteiger partial charge is 0.453 e. The Morgan fingerprint density at radius 3 is 2.28 bits per heavy atom. The first-order chi connectivity index (χ1) is 8.33. The van der Waals surface area contributed by atoms with Gasteiger partial charge in [0.25, 0.3) is 15.9 Å². The van der Waals surface area contributed by atoms with Gasteiger partial charge in [-0.25, -0.2) is 13.1 Å². The van der Waals surface area contributed by atoms with Crippen LogP contribution in [0.4, 0.5) is 0 Å². The maximum atomic E-state index is 11.8. The number of esters is 1. The summed E-state index contributed by atoms with van der Waals surface area (Å²) in [6, 6.07) is 7.43. The first-order valence-corrected chi connectivity index (χ1v) is 6.60. The van der Waals surface area contributed by atoms with E-state index >= 15 is 0 Å². The van der Waals surface area contributed by atoms with Gasteiger partial charge in [-0.3, -0.25) is 9.59 Å². The molecule has 0 fully saturated rings. The van der Waals surface area contributed by atoms with Crippen LogP contribution >= 0.6 is 0 Å². The summed E-state index contributed by atoms with van der Waals surface area (Å²) in [5, 5.41) is 0. The number of hydrogen-bond acceptors (Lipinski definition) is 5. The van der Waals surface area contributed by atoms with Crippen molar-refractivity contribution in [1.29, 1.82) is 0 Å². The summed E-state index contributed by atoms with van der Waals surface area (Å²) in [4.78, 5) is 22.1. The third-order valence-electron chi connectivity index (χ3n) is 2.00. The monoisotopic (exact) mass is 271 g/mol. The molecule has 1 rings (SSSR count). The third kappa shape index (κ3) is 3.85. The van der Waals surface area contributed by atoms with Crippen molar-refractivity contribution in [1.82, 2.24) is 4.72 Å². The van der Waals surface area contributed by atoms with Crippen molar-refractivity contribution in [3.63, 3.8) is 0 Å². The molecule has 1 aromatic carbocycles. The maximum absolute atomic E-state index is 11.8. The maximum Gasteiger partial charge on any atom is 0.303 e. The number of benzene rings is 1. The summed E-state index contributed by atoms with van der Waals surface area (Å²) in [5.74, 6) is -1.55. The minimum Gasteiger partial charge on any atom is -0.453 e. The molecule has 0 saturated carbocycles. The van der Waals surface area contributed by atoms with Crippen LogP contribution in [0.25, 0.3) is 0 Å². The Balaban J connectivity index is 2.79. The Kier molecular flexibility index (Phi) is 4.43. The second-order valence-corrected chi connectivity index (χ2v) is 5.22. The van der Waals surface area contributed by atoms with Crippen molar-refractivity contribution >= 4 is 21.9 Å². The fourth-order valence-corrected chi connectivity index (χ4v) is 2.24. The summed E-state index contributed by atoms with van der Waals surface area (Å²) in [7, 11) is -3.93. The predicted octanol–water partition coefficient (Wildman–Crippen LogP) is 0.443. The fourth-order valence-electron chi connectivity index (χ4n) is 1.18. The molecule has 1 atom stereocenters.